The lowest BCUT2D eigenvalue weighted by atomic mass is 10.0. The largest absolute Gasteiger partial charge is 0.401 e. The number of nitrogens with zero attached hydrogens (tertiary/aromatic N) is 1. The Labute approximate surface area is 93.7 Å². The van der Waals surface area contributed by atoms with E-state index in [1.807, 2.05) is 6.92 Å². The third kappa shape index (κ3) is 4.67. The summed E-state index contributed by atoms with van der Waals surface area (Å²) in [5, 5.41) is 0. The van der Waals surface area contributed by atoms with Crippen LogP contribution < -0.4 is 5.73 Å². The summed E-state index contributed by atoms with van der Waals surface area (Å²) in [6.07, 6.45) is -3.43. The number of halogens is 3. The summed E-state index contributed by atoms with van der Waals surface area (Å²) < 4.78 is 42.0. The van der Waals surface area contributed by atoms with E-state index in [2.05, 4.69) is 0 Å². The summed E-state index contributed by atoms with van der Waals surface area (Å²) in [5.74, 6) is 0.0221. The molecular weight excluding hydrogens is 221 g/mol. The monoisotopic (exact) mass is 240 g/mol. The fraction of sp³-hybridized carbons (Fsp3) is 1.00. The number of nitrogens with two attached hydrogens (primary N) is 1. The molecule has 96 valence electrons. The molecule has 2 atom stereocenters. The maximum atomic E-state index is 12.3. The van der Waals surface area contributed by atoms with Gasteiger partial charge >= 0.3 is 6.18 Å². The van der Waals surface area contributed by atoms with Gasteiger partial charge in [0.1, 0.15) is 0 Å². The standard InChI is InChI=1S/C10H19F3N2O/c1-2-3-15(7-10(11,12)13)4-8-5-16-6-9(8)14/h8-9H,2-7,14H2,1H3. The molecule has 16 heavy (non-hydrogen) atoms. The van der Waals surface area contributed by atoms with E-state index in [4.69, 9.17) is 10.5 Å². The van der Waals surface area contributed by atoms with Gasteiger partial charge in [-0.2, -0.15) is 13.2 Å². The average molecular weight is 240 g/mol. The van der Waals surface area contributed by atoms with Crippen LogP contribution in [0.5, 0.6) is 0 Å². The SMILES string of the molecule is CCCN(CC1COCC1N)CC(F)(F)F. The second kappa shape index (κ2) is 5.84. The van der Waals surface area contributed by atoms with Crippen molar-refractivity contribution >= 4 is 0 Å². The van der Waals surface area contributed by atoms with Crippen molar-refractivity contribution in [2.45, 2.75) is 25.6 Å². The van der Waals surface area contributed by atoms with Gasteiger partial charge in [-0.05, 0) is 13.0 Å². The molecule has 3 nitrogen and oxygen atoms in total. The summed E-state index contributed by atoms with van der Waals surface area (Å²) in [6, 6.07) is -0.132. The lowest BCUT2D eigenvalue weighted by molar-refractivity contribution is -0.147. The third-order valence-corrected chi connectivity index (χ3v) is 2.68. The highest BCUT2D eigenvalue weighted by Crippen LogP contribution is 2.19. The molecule has 0 bridgehead atoms. The molecule has 0 amide bonds. The molecule has 2 unspecified atom stereocenters. The molecule has 1 aliphatic heterocycles. The topological polar surface area (TPSA) is 38.5 Å². The molecular formula is C10H19F3N2O. The van der Waals surface area contributed by atoms with Crippen molar-refractivity contribution < 1.29 is 17.9 Å². The zero-order valence-corrected chi connectivity index (χ0v) is 9.46. The number of alkyl halides is 3. The lowest BCUT2D eigenvalue weighted by Crippen LogP contribution is -2.42. The second-order valence-electron chi connectivity index (χ2n) is 4.31. The van der Waals surface area contributed by atoms with E-state index in [0.717, 1.165) is 0 Å². The van der Waals surface area contributed by atoms with E-state index in [0.29, 0.717) is 32.7 Å². The van der Waals surface area contributed by atoms with Crippen LogP contribution in [0.15, 0.2) is 0 Å². The number of ether oxygens (including phenoxy) is 1. The molecule has 1 heterocycles. The Balaban J connectivity index is 2.43. The van der Waals surface area contributed by atoms with Crippen molar-refractivity contribution in [3.05, 3.63) is 0 Å². The van der Waals surface area contributed by atoms with Gasteiger partial charge in [-0.25, -0.2) is 0 Å². The average Bonchev–Trinajstić information content (AvgIpc) is 2.49. The number of hydrogen-bond donors (Lipinski definition) is 1. The summed E-state index contributed by atoms with van der Waals surface area (Å²) in [6.45, 7) is 2.76. The van der Waals surface area contributed by atoms with Gasteiger partial charge in [0.15, 0.2) is 0 Å². The molecule has 1 rings (SSSR count). The predicted octanol–water partition coefficient (Wildman–Crippen LogP) is 1.23. The molecule has 0 spiro atoms. The van der Waals surface area contributed by atoms with Crippen LogP contribution in [0.25, 0.3) is 0 Å². The van der Waals surface area contributed by atoms with Crippen LogP contribution in [0.2, 0.25) is 0 Å². The highest BCUT2D eigenvalue weighted by Gasteiger charge is 2.33. The molecule has 0 aromatic carbocycles. The van der Waals surface area contributed by atoms with Gasteiger partial charge < -0.3 is 10.5 Å². The molecule has 1 aliphatic rings. The second-order valence-corrected chi connectivity index (χ2v) is 4.31. The normalized spacial score (nSPS) is 26.6. The van der Waals surface area contributed by atoms with E-state index in [1.54, 1.807) is 0 Å². The van der Waals surface area contributed by atoms with Gasteiger partial charge in [0, 0.05) is 18.5 Å². The van der Waals surface area contributed by atoms with Crippen LogP contribution in [-0.4, -0.2) is 50.0 Å². The van der Waals surface area contributed by atoms with Crippen molar-refractivity contribution in [2.24, 2.45) is 11.7 Å². The first-order valence-electron chi connectivity index (χ1n) is 5.55. The van der Waals surface area contributed by atoms with E-state index in [-0.39, 0.29) is 12.0 Å². The minimum Gasteiger partial charge on any atom is -0.379 e. The van der Waals surface area contributed by atoms with Crippen LogP contribution >= 0.6 is 0 Å². The van der Waals surface area contributed by atoms with Crippen molar-refractivity contribution in [3.8, 4) is 0 Å². The molecule has 6 heteroatoms. The smallest absolute Gasteiger partial charge is 0.379 e. The Morgan fingerprint density at radius 3 is 2.50 bits per heavy atom. The molecule has 1 fully saturated rings. The first-order chi connectivity index (χ1) is 7.42. The van der Waals surface area contributed by atoms with Crippen molar-refractivity contribution in [1.82, 2.24) is 4.90 Å². The van der Waals surface area contributed by atoms with Crippen molar-refractivity contribution in [2.75, 3.05) is 32.8 Å². The summed E-state index contributed by atoms with van der Waals surface area (Å²) in [7, 11) is 0. The minimum absolute atomic E-state index is 0.0221. The molecule has 0 saturated carbocycles. The Kier molecular flexibility index (Phi) is 5.01. The van der Waals surface area contributed by atoms with E-state index < -0.39 is 12.7 Å². The van der Waals surface area contributed by atoms with Crippen molar-refractivity contribution in [3.63, 3.8) is 0 Å². The molecule has 0 aromatic heterocycles. The Hall–Kier alpha value is -0.330. The lowest BCUT2D eigenvalue weighted by Gasteiger charge is -2.26. The van der Waals surface area contributed by atoms with Gasteiger partial charge in [0.2, 0.25) is 0 Å². The van der Waals surface area contributed by atoms with Gasteiger partial charge in [-0.3, -0.25) is 4.90 Å². The highest BCUT2D eigenvalue weighted by molar-refractivity contribution is 4.81. The first-order valence-corrected chi connectivity index (χ1v) is 5.55. The fourth-order valence-electron chi connectivity index (χ4n) is 1.94. The van der Waals surface area contributed by atoms with Gasteiger partial charge in [-0.15, -0.1) is 0 Å². The number of hydrogen-bond acceptors (Lipinski definition) is 3. The van der Waals surface area contributed by atoms with Crippen LogP contribution in [0.1, 0.15) is 13.3 Å². The third-order valence-electron chi connectivity index (χ3n) is 2.68. The fourth-order valence-corrected chi connectivity index (χ4v) is 1.94. The molecule has 0 aliphatic carbocycles. The molecule has 1 saturated heterocycles. The Morgan fingerprint density at radius 2 is 2.06 bits per heavy atom. The Morgan fingerprint density at radius 1 is 1.38 bits per heavy atom. The maximum absolute atomic E-state index is 12.3. The van der Waals surface area contributed by atoms with E-state index in [1.165, 1.54) is 4.90 Å². The van der Waals surface area contributed by atoms with Crippen molar-refractivity contribution in [1.29, 1.82) is 0 Å². The van der Waals surface area contributed by atoms with E-state index >= 15 is 0 Å². The quantitative estimate of drug-likeness (QED) is 0.785. The summed E-state index contributed by atoms with van der Waals surface area (Å²) in [5.41, 5.74) is 5.75. The zero-order chi connectivity index (χ0) is 12.2. The summed E-state index contributed by atoms with van der Waals surface area (Å²) in [4.78, 5) is 1.42. The zero-order valence-electron chi connectivity index (χ0n) is 9.46. The molecule has 0 radical (unpaired) electrons. The molecule has 0 aromatic rings. The number of rotatable bonds is 5. The van der Waals surface area contributed by atoms with Crippen LogP contribution in [0, 0.1) is 5.92 Å². The Bertz CT molecular complexity index is 211. The van der Waals surface area contributed by atoms with Crippen LogP contribution in [-0.2, 0) is 4.74 Å². The maximum Gasteiger partial charge on any atom is 0.401 e. The van der Waals surface area contributed by atoms with Crippen LogP contribution in [0.4, 0.5) is 13.2 Å². The van der Waals surface area contributed by atoms with Gasteiger partial charge in [0.25, 0.3) is 0 Å². The van der Waals surface area contributed by atoms with Crippen LogP contribution in [0.3, 0.4) is 0 Å². The minimum atomic E-state index is -4.14. The first kappa shape index (κ1) is 13.7. The van der Waals surface area contributed by atoms with Gasteiger partial charge in [-0.1, -0.05) is 6.92 Å². The predicted molar refractivity (Wildman–Crippen MR) is 55.1 cm³/mol. The highest BCUT2D eigenvalue weighted by atomic mass is 19.4. The molecule has 2 N–H and O–H groups in total. The summed E-state index contributed by atoms with van der Waals surface area (Å²) >= 11 is 0. The van der Waals surface area contributed by atoms with E-state index in [9.17, 15) is 13.2 Å². The van der Waals surface area contributed by atoms with Gasteiger partial charge in [0.05, 0.1) is 19.8 Å².